The van der Waals surface area contributed by atoms with Gasteiger partial charge in [-0.05, 0) is 18.2 Å². The Morgan fingerprint density at radius 3 is 2.89 bits per heavy atom. The van der Waals surface area contributed by atoms with E-state index in [2.05, 4.69) is 15.1 Å². The minimum absolute atomic E-state index is 0.273. The molecule has 0 fully saturated rings. The molecule has 0 spiro atoms. The average molecular weight is 256 g/mol. The van der Waals surface area contributed by atoms with Crippen molar-refractivity contribution in [3.63, 3.8) is 0 Å². The number of hydrogen-bond acceptors (Lipinski definition) is 3. The van der Waals surface area contributed by atoms with Crippen LogP contribution in [0.3, 0.4) is 0 Å². The van der Waals surface area contributed by atoms with Crippen molar-refractivity contribution in [3.8, 4) is 11.4 Å². The molecule has 0 aliphatic carbocycles. The van der Waals surface area contributed by atoms with Crippen molar-refractivity contribution in [1.29, 1.82) is 0 Å². The molecule has 96 valence electrons. The summed E-state index contributed by atoms with van der Waals surface area (Å²) in [7, 11) is 1.83. The number of rotatable bonds is 2. The molecule has 2 aromatic heterocycles. The quantitative estimate of drug-likeness (QED) is 0.708. The Kier molecular flexibility index (Phi) is 2.74. The Hall–Kier alpha value is -2.30. The standard InChI is InChI=1S/C14H13FN4/c1-3-13-17-14(19(2)18-13)9-7-10-11(15)5-4-6-12(10)16-8-9/h4-8H,3H2,1-2H3. The predicted octanol–water partition coefficient (Wildman–Crippen LogP) is 2.73. The highest BCUT2D eigenvalue weighted by Crippen LogP contribution is 2.22. The van der Waals surface area contributed by atoms with Crippen LogP contribution in [0.15, 0.2) is 30.5 Å². The van der Waals surface area contributed by atoms with Crippen molar-refractivity contribution in [2.24, 2.45) is 7.05 Å². The molecule has 0 amide bonds. The number of pyridine rings is 1. The summed E-state index contributed by atoms with van der Waals surface area (Å²) in [6, 6.07) is 6.64. The van der Waals surface area contributed by atoms with Gasteiger partial charge in [-0.1, -0.05) is 13.0 Å². The average Bonchev–Trinajstić information content (AvgIpc) is 2.80. The molecule has 3 aromatic rings. The Morgan fingerprint density at radius 1 is 1.32 bits per heavy atom. The lowest BCUT2D eigenvalue weighted by molar-refractivity contribution is 0.639. The summed E-state index contributed by atoms with van der Waals surface area (Å²) in [6.07, 6.45) is 2.47. The third kappa shape index (κ3) is 1.97. The summed E-state index contributed by atoms with van der Waals surface area (Å²) in [5.41, 5.74) is 1.41. The second-order valence-corrected chi connectivity index (χ2v) is 4.36. The van der Waals surface area contributed by atoms with Gasteiger partial charge in [-0.15, -0.1) is 0 Å². The second kappa shape index (κ2) is 4.42. The third-order valence-electron chi connectivity index (χ3n) is 3.05. The van der Waals surface area contributed by atoms with E-state index >= 15 is 0 Å². The van der Waals surface area contributed by atoms with Crippen LogP contribution in [0.1, 0.15) is 12.7 Å². The minimum Gasteiger partial charge on any atom is -0.255 e. The molecule has 0 atom stereocenters. The van der Waals surface area contributed by atoms with Crippen LogP contribution in [0, 0.1) is 5.82 Å². The first-order valence-corrected chi connectivity index (χ1v) is 6.13. The van der Waals surface area contributed by atoms with Crippen molar-refractivity contribution in [1.82, 2.24) is 19.7 Å². The zero-order valence-corrected chi connectivity index (χ0v) is 10.8. The maximum absolute atomic E-state index is 13.8. The summed E-state index contributed by atoms with van der Waals surface area (Å²) in [4.78, 5) is 8.70. The van der Waals surface area contributed by atoms with E-state index in [4.69, 9.17) is 0 Å². The molecule has 3 rings (SSSR count). The molecule has 1 aromatic carbocycles. The van der Waals surface area contributed by atoms with Gasteiger partial charge in [0.2, 0.25) is 0 Å². The van der Waals surface area contributed by atoms with Crippen molar-refractivity contribution < 1.29 is 4.39 Å². The van der Waals surface area contributed by atoms with E-state index in [9.17, 15) is 4.39 Å². The second-order valence-electron chi connectivity index (χ2n) is 4.36. The van der Waals surface area contributed by atoms with Crippen LogP contribution in [-0.2, 0) is 13.5 Å². The fourth-order valence-corrected chi connectivity index (χ4v) is 2.07. The monoisotopic (exact) mass is 256 g/mol. The van der Waals surface area contributed by atoms with Gasteiger partial charge in [-0.25, -0.2) is 14.1 Å². The topological polar surface area (TPSA) is 43.6 Å². The van der Waals surface area contributed by atoms with Gasteiger partial charge in [0, 0.05) is 30.6 Å². The Bertz CT molecular complexity index is 748. The SMILES string of the molecule is CCc1nc(-c2cnc3cccc(F)c3c2)n(C)n1. The van der Waals surface area contributed by atoms with Gasteiger partial charge >= 0.3 is 0 Å². The summed E-state index contributed by atoms with van der Waals surface area (Å²) in [5.74, 6) is 1.20. The maximum atomic E-state index is 13.8. The van der Waals surface area contributed by atoms with Crippen molar-refractivity contribution in [2.45, 2.75) is 13.3 Å². The Morgan fingerprint density at radius 2 is 2.16 bits per heavy atom. The highest BCUT2D eigenvalue weighted by Gasteiger charge is 2.10. The molecule has 0 aliphatic heterocycles. The first kappa shape index (κ1) is 11.8. The van der Waals surface area contributed by atoms with Gasteiger partial charge in [0.25, 0.3) is 0 Å². The smallest absolute Gasteiger partial charge is 0.159 e. The molecule has 2 heterocycles. The largest absolute Gasteiger partial charge is 0.255 e. The first-order valence-electron chi connectivity index (χ1n) is 6.13. The fraction of sp³-hybridized carbons (Fsp3) is 0.214. The molecule has 0 saturated heterocycles. The summed E-state index contributed by atoms with van der Waals surface area (Å²) >= 11 is 0. The molecular formula is C14H13FN4. The number of nitrogens with zero attached hydrogens (tertiary/aromatic N) is 4. The number of aryl methyl sites for hydroxylation is 2. The summed E-state index contributed by atoms with van der Waals surface area (Å²) < 4.78 is 15.5. The zero-order chi connectivity index (χ0) is 13.4. The van der Waals surface area contributed by atoms with Crippen LogP contribution in [-0.4, -0.2) is 19.7 Å². The van der Waals surface area contributed by atoms with Crippen LogP contribution in [0.2, 0.25) is 0 Å². The lowest BCUT2D eigenvalue weighted by Crippen LogP contribution is -1.95. The van der Waals surface area contributed by atoms with E-state index in [0.717, 1.165) is 17.8 Å². The number of fused-ring (bicyclic) bond motifs is 1. The molecule has 4 nitrogen and oxygen atoms in total. The molecular weight excluding hydrogens is 243 g/mol. The number of hydrogen-bond donors (Lipinski definition) is 0. The maximum Gasteiger partial charge on any atom is 0.159 e. The van der Waals surface area contributed by atoms with E-state index in [1.54, 1.807) is 29.1 Å². The molecule has 19 heavy (non-hydrogen) atoms. The van der Waals surface area contributed by atoms with Crippen LogP contribution < -0.4 is 0 Å². The number of halogens is 1. The summed E-state index contributed by atoms with van der Waals surface area (Å²) in [6.45, 7) is 2.00. The van der Waals surface area contributed by atoms with Gasteiger partial charge in [-0.3, -0.25) is 4.98 Å². The van der Waals surface area contributed by atoms with E-state index in [1.165, 1.54) is 6.07 Å². The van der Waals surface area contributed by atoms with Crippen LogP contribution in [0.5, 0.6) is 0 Å². The molecule has 0 unspecified atom stereocenters. The van der Waals surface area contributed by atoms with Crippen LogP contribution in [0.25, 0.3) is 22.3 Å². The van der Waals surface area contributed by atoms with Crippen molar-refractivity contribution >= 4 is 10.9 Å². The lowest BCUT2D eigenvalue weighted by Gasteiger charge is -2.03. The van der Waals surface area contributed by atoms with Gasteiger partial charge in [0.05, 0.1) is 5.52 Å². The number of aromatic nitrogens is 4. The lowest BCUT2D eigenvalue weighted by atomic mass is 10.1. The molecule has 0 aliphatic rings. The third-order valence-corrected chi connectivity index (χ3v) is 3.05. The van der Waals surface area contributed by atoms with Crippen molar-refractivity contribution in [3.05, 3.63) is 42.1 Å². The Balaban J connectivity index is 2.19. The highest BCUT2D eigenvalue weighted by atomic mass is 19.1. The van der Waals surface area contributed by atoms with E-state index < -0.39 is 0 Å². The van der Waals surface area contributed by atoms with Crippen LogP contribution in [0.4, 0.5) is 4.39 Å². The first-order chi connectivity index (χ1) is 9.19. The molecule has 0 radical (unpaired) electrons. The Labute approximate surface area is 109 Å². The fourth-order valence-electron chi connectivity index (χ4n) is 2.07. The van der Waals surface area contributed by atoms with Gasteiger partial charge < -0.3 is 0 Å². The van der Waals surface area contributed by atoms with E-state index in [1.807, 2.05) is 14.0 Å². The highest BCUT2D eigenvalue weighted by molar-refractivity contribution is 5.82. The molecule has 0 bridgehead atoms. The van der Waals surface area contributed by atoms with E-state index in [0.29, 0.717) is 16.7 Å². The molecule has 0 saturated carbocycles. The minimum atomic E-state index is -0.273. The number of benzene rings is 1. The van der Waals surface area contributed by atoms with E-state index in [-0.39, 0.29) is 5.82 Å². The predicted molar refractivity (Wildman–Crippen MR) is 71.1 cm³/mol. The summed E-state index contributed by atoms with van der Waals surface area (Å²) in [5, 5.41) is 4.79. The van der Waals surface area contributed by atoms with Gasteiger partial charge in [0.1, 0.15) is 5.82 Å². The molecule has 5 heteroatoms. The van der Waals surface area contributed by atoms with Gasteiger partial charge in [0.15, 0.2) is 11.6 Å². The normalized spacial score (nSPS) is 11.1. The van der Waals surface area contributed by atoms with Crippen molar-refractivity contribution in [2.75, 3.05) is 0 Å². The molecule has 0 N–H and O–H groups in total. The van der Waals surface area contributed by atoms with Gasteiger partial charge in [-0.2, -0.15) is 5.10 Å². The van der Waals surface area contributed by atoms with Crippen LogP contribution >= 0.6 is 0 Å². The zero-order valence-electron chi connectivity index (χ0n) is 10.8.